The van der Waals surface area contributed by atoms with E-state index in [9.17, 15) is 4.79 Å². The minimum absolute atomic E-state index is 0.242. The van der Waals surface area contributed by atoms with Gasteiger partial charge in [0.15, 0.2) is 0 Å². The number of hydrogen-bond donors (Lipinski definition) is 1. The number of halogens is 1. The maximum Gasteiger partial charge on any atom is 0.417 e. The van der Waals surface area contributed by atoms with Gasteiger partial charge in [-0.3, -0.25) is 5.32 Å². The highest BCUT2D eigenvalue weighted by molar-refractivity contribution is 6.30. The van der Waals surface area contributed by atoms with Gasteiger partial charge in [0.25, 0.3) is 0 Å². The quantitative estimate of drug-likeness (QED) is 0.689. The Balaban J connectivity index is 2.29. The number of hydrogen-bond acceptors (Lipinski definition) is 3. The van der Waals surface area contributed by atoms with Crippen LogP contribution in [0, 0.1) is 0 Å². The van der Waals surface area contributed by atoms with Crippen molar-refractivity contribution < 1.29 is 14.3 Å². The van der Waals surface area contributed by atoms with Crippen molar-refractivity contribution in [1.29, 1.82) is 0 Å². The molecule has 0 fully saturated rings. The molecule has 2 aromatic carbocycles. The molecular formula is C20H24ClNO3. The normalized spacial score (nSPS) is 10.9. The van der Waals surface area contributed by atoms with Crippen molar-refractivity contribution >= 4 is 23.4 Å². The summed E-state index contributed by atoms with van der Waals surface area (Å²) < 4.78 is 10.9. The molecule has 1 amide bonds. The Morgan fingerprint density at radius 1 is 1.04 bits per heavy atom. The lowest BCUT2D eigenvalue weighted by Crippen LogP contribution is -2.19. The summed E-state index contributed by atoms with van der Waals surface area (Å²) in [7, 11) is 1.52. The van der Waals surface area contributed by atoms with Gasteiger partial charge in [-0.05, 0) is 35.1 Å². The van der Waals surface area contributed by atoms with Gasteiger partial charge >= 0.3 is 6.09 Å². The van der Waals surface area contributed by atoms with Gasteiger partial charge < -0.3 is 9.47 Å². The van der Waals surface area contributed by atoms with Gasteiger partial charge in [0, 0.05) is 11.1 Å². The minimum Gasteiger partial charge on any atom is -0.495 e. The Hall–Kier alpha value is -2.20. The standard InChI is InChI=1S/C20H24ClNO3/c1-12(2)15-7-6-8-16(13(3)4)19(15)25-20(23)22-17-10-9-14(21)11-18(17)24-5/h6-13H,1-5H3,(H,22,23). The zero-order chi connectivity index (χ0) is 18.6. The molecule has 0 aliphatic carbocycles. The maximum absolute atomic E-state index is 12.5. The molecule has 4 nitrogen and oxygen atoms in total. The van der Waals surface area contributed by atoms with Crippen molar-refractivity contribution in [3.63, 3.8) is 0 Å². The molecule has 0 spiro atoms. The van der Waals surface area contributed by atoms with Crippen LogP contribution in [-0.2, 0) is 0 Å². The number of rotatable bonds is 5. The van der Waals surface area contributed by atoms with Crippen LogP contribution in [0.3, 0.4) is 0 Å². The summed E-state index contributed by atoms with van der Waals surface area (Å²) in [5, 5.41) is 3.26. The summed E-state index contributed by atoms with van der Waals surface area (Å²) in [6, 6.07) is 11.0. The number of methoxy groups -OCH3 is 1. The first-order valence-electron chi connectivity index (χ1n) is 8.28. The van der Waals surface area contributed by atoms with Crippen LogP contribution in [0.2, 0.25) is 5.02 Å². The van der Waals surface area contributed by atoms with Gasteiger partial charge in [-0.2, -0.15) is 0 Å². The fraction of sp³-hybridized carbons (Fsp3) is 0.350. The predicted octanol–water partition coefficient (Wildman–Crippen LogP) is 6.21. The lowest BCUT2D eigenvalue weighted by atomic mass is 9.94. The van der Waals surface area contributed by atoms with Crippen LogP contribution in [0.5, 0.6) is 11.5 Å². The van der Waals surface area contributed by atoms with Gasteiger partial charge in [-0.15, -0.1) is 0 Å². The molecule has 0 unspecified atom stereocenters. The summed E-state index contributed by atoms with van der Waals surface area (Å²) >= 11 is 5.95. The van der Waals surface area contributed by atoms with Crippen LogP contribution in [0.4, 0.5) is 10.5 Å². The van der Waals surface area contributed by atoms with Crippen LogP contribution < -0.4 is 14.8 Å². The van der Waals surface area contributed by atoms with Gasteiger partial charge in [0.1, 0.15) is 11.5 Å². The number of carbonyl (C=O) groups excluding carboxylic acids is 1. The van der Waals surface area contributed by atoms with Crippen molar-refractivity contribution in [3.8, 4) is 11.5 Å². The third-order valence-electron chi connectivity index (χ3n) is 3.92. The molecule has 0 radical (unpaired) electrons. The number of ether oxygens (including phenoxy) is 2. The van der Waals surface area contributed by atoms with E-state index in [4.69, 9.17) is 21.1 Å². The van der Waals surface area contributed by atoms with E-state index in [1.165, 1.54) is 7.11 Å². The molecule has 134 valence electrons. The van der Waals surface area contributed by atoms with Gasteiger partial charge in [-0.25, -0.2) is 4.79 Å². The molecule has 25 heavy (non-hydrogen) atoms. The first-order chi connectivity index (χ1) is 11.8. The van der Waals surface area contributed by atoms with E-state index in [1.54, 1.807) is 18.2 Å². The Morgan fingerprint density at radius 3 is 2.16 bits per heavy atom. The zero-order valence-corrected chi connectivity index (χ0v) is 16.0. The van der Waals surface area contributed by atoms with Crippen molar-refractivity contribution in [2.45, 2.75) is 39.5 Å². The number of nitrogens with one attached hydrogen (secondary N) is 1. The molecule has 0 saturated heterocycles. The monoisotopic (exact) mass is 361 g/mol. The molecule has 0 aliphatic heterocycles. The third-order valence-corrected chi connectivity index (χ3v) is 4.15. The molecule has 2 aromatic rings. The fourth-order valence-corrected chi connectivity index (χ4v) is 2.76. The summed E-state index contributed by atoms with van der Waals surface area (Å²) in [6.07, 6.45) is -0.560. The predicted molar refractivity (Wildman–Crippen MR) is 102 cm³/mol. The SMILES string of the molecule is COc1cc(Cl)ccc1NC(=O)Oc1c(C(C)C)cccc1C(C)C. The van der Waals surface area contributed by atoms with Gasteiger partial charge in [0.05, 0.1) is 12.8 Å². The first kappa shape index (κ1) is 19.1. The molecule has 0 heterocycles. The molecule has 0 aliphatic rings. The maximum atomic E-state index is 12.5. The number of benzene rings is 2. The molecule has 1 N–H and O–H groups in total. The van der Waals surface area contributed by atoms with Crippen LogP contribution in [0.1, 0.15) is 50.7 Å². The lowest BCUT2D eigenvalue weighted by molar-refractivity contribution is 0.214. The summed E-state index contributed by atoms with van der Waals surface area (Å²) in [5.41, 5.74) is 2.51. The van der Waals surface area contributed by atoms with E-state index in [2.05, 4.69) is 33.0 Å². The Labute approximate surface area is 154 Å². The van der Waals surface area contributed by atoms with Gasteiger partial charge in [-0.1, -0.05) is 57.5 Å². The summed E-state index contributed by atoms with van der Waals surface area (Å²) in [6.45, 7) is 8.30. The lowest BCUT2D eigenvalue weighted by Gasteiger charge is -2.19. The van der Waals surface area contributed by atoms with E-state index in [0.29, 0.717) is 22.2 Å². The molecule has 0 aromatic heterocycles. The minimum atomic E-state index is -0.560. The zero-order valence-electron chi connectivity index (χ0n) is 15.2. The molecular weight excluding hydrogens is 338 g/mol. The van der Waals surface area contributed by atoms with Crippen LogP contribution >= 0.6 is 11.6 Å². The summed E-state index contributed by atoms with van der Waals surface area (Å²) in [5.74, 6) is 1.58. The van der Waals surface area contributed by atoms with E-state index in [-0.39, 0.29) is 11.8 Å². The van der Waals surface area contributed by atoms with E-state index in [0.717, 1.165) is 11.1 Å². The van der Waals surface area contributed by atoms with Crippen molar-refractivity contribution in [2.24, 2.45) is 0 Å². The van der Waals surface area contributed by atoms with Crippen molar-refractivity contribution in [2.75, 3.05) is 12.4 Å². The topological polar surface area (TPSA) is 47.6 Å². The Morgan fingerprint density at radius 2 is 1.64 bits per heavy atom. The highest BCUT2D eigenvalue weighted by Gasteiger charge is 2.19. The van der Waals surface area contributed by atoms with E-state index < -0.39 is 6.09 Å². The van der Waals surface area contributed by atoms with Gasteiger partial charge in [0.2, 0.25) is 0 Å². The fourth-order valence-electron chi connectivity index (χ4n) is 2.60. The van der Waals surface area contributed by atoms with Crippen LogP contribution in [0.15, 0.2) is 36.4 Å². The number of carbonyl (C=O) groups is 1. The Kier molecular flexibility index (Phi) is 6.32. The average Bonchev–Trinajstić information content (AvgIpc) is 2.56. The number of amides is 1. The second-order valence-corrected chi connectivity index (χ2v) is 6.87. The number of para-hydroxylation sites is 1. The highest BCUT2D eigenvalue weighted by Crippen LogP contribution is 2.35. The second-order valence-electron chi connectivity index (χ2n) is 6.43. The largest absolute Gasteiger partial charge is 0.495 e. The molecule has 5 heteroatoms. The third kappa shape index (κ3) is 4.67. The van der Waals surface area contributed by atoms with Crippen LogP contribution in [-0.4, -0.2) is 13.2 Å². The highest BCUT2D eigenvalue weighted by atomic mass is 35.5. The van der Waals surface area contributed by atoms with Crippen LogP contribution in [0.25, 0.3) is 0 Å². The number of anilines is 1. The smallest absolute Gasteiger partial charge is 0.417 e. The molecule has 0 saturated carbocycles. The van der Waals surface area contributed by atoms with Crippen molar-refractivity contribution in [1.82, 2.24) is 0 Å². The molecule has 0 atom stereocenters. The molecule has 2 rings (SSSR count). The van der Waals surface area contributed by atoms with Crippen molar-refractivity contribution in [3.05, 3.63) is 52.5 Å². The average molecular weight is 362 g/mol. The van der Waals surface area contributed by atoms with E-state index in [1.807, 2.05) is 18.2 Å². The second kappa shape index (κ2) is 8.26. The Bertz CT molecular complexity index is 730. The van der Waals surface area contributed by atoms with E-state index >= 15 is 0 Å². The molecule has 0 bridgehead atoms. The first-order valence-corrected chi connectivity index (χ1v) is 8.66. The summed E-state index contributed by atoms with van der Waals surface area (Å²) in [4.78, 5) is 12.5.